The van der Waals surface area contributed by atoms with E-state index in [9.17, 15) is 19.7 Å². The molecular formula is C18H24BrN5O5. The Kier molecular flexibility index (Phi) is 6.39. The van der Waals surface area contributed by atoms with Crippen LogP contribution in [0, 0.1) is 10.1 Å². The molecule has 0 aromatic heterocycles. The molecule has 0 spiro atoms. The summed E-state index contributed by atoms with van der Waals surface area (Å²) < 4.78 is 6.12. The predicted octanol–water partition coefficient (Wildman–Crippen LogP) is 1.23. The molecule has 2 aliphatic heterocycles. The van der Waals surface area contributed by atoms with Crippen LogP contribution in [0.3, 0.4) is 0 Å². The van der Waals surface area contributed by atoms with Crippen molar-refractivity contribution in [2.75, 3.05) is 25.0 Å². The number of morpholine rings is 1. The second-order valence-corrected chi connectivity index (χ2v) is 8.43. The van der Waals surface area contributed by atoms with Crippen LogP contribution in [0.1, 0.15) is 30.6 Å². The first-order valence-corrected chi connectivity index (χ1v) is 10.2. The van der Waals surface area contributed by atoms with E-state index in [1.165, 1.54) is 6.07 Å². The smallest absolute Gasteiger partial charge is 0.294 e. The van der Waals surface area contributed by atoms with Crippen LogP contribution in [-0.2, 0) is 9.53 Å². The topological polar surface area (TPSA) is 140 Å². The Labute approximate surface area is 176 Å². The van der Waals surface area contributed by atoms with Crippen LogP contribution in [0.25, 0.3) is 0 Å². The van der Waals surface area contributed by atoms with Gasteiger partial charge in [-0.2, -0.15) is 0 Å². The molecule has 0 aliphatic carbocycles. The van der Waals surface area contributed by atoms with Crippen molar-refractivity contribution in [2.24, 2.45) is 5.73 Å². The Morgan fingerprint density at radius 1 is 1.34 bits per heavy atom. The van der Waals surface area contributed by atoms with Crippen molar-refractivity contribution in [1.82, 2.24) is 10.2 Å². The van der Waals surface area contributed by atoms with Gasteiger partial charge in [-0.3, -0.25) is 19.7 Å². The van der Waals surface area contributed by atoms with E-state index in [-0.39, 0.29) is 41.1 Å². The van der Waals surface area contributed by atoms with Crippen molar-refractivity contribution in [2.45, 2.75) is 44.6 Å². The van der Waals surface area contributed by atoms with E-state index in [2.05, 4.69) is 26.6 Å². The molecule has 0 radical (unpaired) electrons. The second-order valence-electron chi connectivity index (χ2n) is 7.51. The van der Waals surface area contributed by atoms with Crippen LogP contribution in [0.5, 0.6) is 0 Å². The van der Waals surface area contributed by atoms with Crippen LogP contribution in [0.15, 0.2) is 16.6 Å². The molecule has 10 nitrogen and oxygen atoms in total. The molecule has 0 unspecified atom stereocenters. The van der Waals surface area contributed by atoms with E-state index in [0.717, 1.165) is 0 Å². The number of hydrogen-bond acceptors (Lipinski definition) is 7. The van der Waals surface area contributed by atoms with Gasteiger partial charge in [0.15, 0.2) is 0 Å². The minimum absolute atomic E-state index is 0.128. The maximum atomic E-state index is 13.3. The summed E-state index contributed by atoms with van der Waals surface area (Å²) in [6, 6.07) is 2.15. The number of halogens is 1. The van der Waals surface area contributed by atoms with Gasteiger partial charge < -0.3 is 26.0 Å². The number of nitrogens with zero attached hydrogens (tertiary/aromatic N) is 2. The molecule has 2 fully saturated rings. The number of rotatable bonds is 5. The number of nitrogens with two attached hydrogens (primary N) is 1. The number of hydrogen-bond donors (Lipinski definition) is 3. The molecule has 2 saturated heterocycles. The lowest BCUT2D eigenvalue weighted by molar-refractivity contribution is -0.384. The Morgan fingerprint density at radius 3 is 2.55 bits per heavy atom. The van der Waals surface area contributed by atoms with Gasteiger partial charge in [0.05, 0.1) is 28.7 Å². The van der Waals surface area contributed by atoms with Crippen molar-refractivity contribution >= 4 is 39.1 Å². The van der Waals surface area contributed by atoms with Crippen LogP contribution >= 0.6 is 15.9 Å². The Bertz CT molecular complexity index is 825. The number of primary amides is 1. The predicted molar refractivity (Wildman–Crippen MR) is 110 cm³/mol. The maximum Gasteiger partial charge on any atom is 0.294 e. The molecule has 4 atom stereocenters. The summed E-state index contributed by atoms with van der Waals surface area (Å²) in [5.41, 5.74) is 5.48. The lowest BCUT2D eigenvalue weighted by Gasteiger charge is -2.35. The fourth-order valence-electron chi connectivity index (χ4n) is 3.84. The monoisotopic (exact) mass is 469 g/mol. The van der Waals surface area contributed by atoms with Crippen LogP contribution in [-0.4, -0.2) is 65.6 Å². The highest BCUT2D eigenvalue weighted by atomic mass is 79.9. The van der Waals surface area contributed by atoms with Gasteiger partial charge in [-0.1, -0.05) is 15.9 Å². The van der Waals surface area contributed by atoms with Crippen molar-refractivity contribution in [3.8, 4) is 0 Å². The number of benzene rings is 1. The van der Waals surface area contributed by atoms with Crippen molar-refractivity contribution in [3.05, 3.63) is 32.3 Å². The normalized spacial score (nSPS) is 26.9. The Balaban J connectivity index is 1.94. The molecule has 4 N–H and O–H groups in total. The van der Waals surface area contributed by atoms with Crippen LogP contribution in [0.4, 0.5) is 11.4 Å². The second kappa shape index (κ2) is 8.64. The third kappa shape index (κ3) is 4.85. The number of nitrogens with one attached hydrogen (secondary N) is 2. The lowest BCUT2D eigenvalue weighted by Crippen LogP contribution is -2.48. The minimum atomic E-state index is -0.525. The minimum Gasteiger partial charge on any atom is -0.375 e. The summed E-state index contributed by atoms with van der Waals surface area (Å²) in [5, 5.41) is 17.8. The molecule has 2 heterocycles. The first kappa shape index (κ1) is 21.5. The highest BCUT2D eigenvalue weighted by Gasteiger charge is 2.34. The van der Waals surface area contributed by atoms with Crippen molar-refractivity contribution in [1.29, 1.82) is 0 Å². The van der Waals surface area contributed by atoms with Gasteiger partial charge in [0.1, 0.15) is 5.69 Å². The fourth-order valence-corrected chi connectivity index (χ4v) is 4.28. The molecule has 158 valence electrons. The number of nitro benzene ring substituents is 1. The van der Waals surface area contributed by atoms with Crippen LogP contribution in [0.2, 0.25) is 0 Å². The summed E-state index contributed by atoms with van der Waals surface area (Å²) >= 11 is 3.27. The molecule has 1 aromatic rings. The number of amides is 2. The first-order chi connectivity index (χ1) is 13.7. The van der Waals surface area contributed by atoms with E-state index in [1.807, 2.05) is 13.8 Å². The molecule has 2 aliphatic rings. The van der Waals surface area contributed by atoms with E-state index < -0.39 is 16.9 Å². The number of nitro groups is 1. The largest absolute Gasteiger partial charge is 0.375 e. The zero-order valence-electron chi connectivity index (χ0n) is 16.2. The quantitative estimate of drug-likeness (QED) is 0.435. The highest BCUT2D eigenvalue weighted by molar-refractivity contribution is 9.10. The third-order valence-electron chi connectivity index (χ3n) is 5.04. The summed E-state index contributed by atoms with van der Waals surface area (Å²) in [5.74, 6) is -0.788. The van der Waals surface area contributed by atoms with E-state index >= 15 is 0 Å². The molecule has 2 amide bonds. The van der Waals surface area contributed by atoms with Crippen molar-refractivity contribution in [3.63, 3.8) is 0 Å². The zero-order chi connectivity index (χ0) is 21.3. The number of ether oxygens (including phenoxy) is 1. The number of anilines is 1. The molecule has 0 bridgehead atoms. The van der Waals surface area contributed by atoms with E-state index in [1.54, 1.807) is 11.0 Å². The molecule has 3 rings (SSSR count). The van der Waals surface area contributed by atoms with Crippen LogP contribution < -0.4 is 16.4 Å². The zero-order valence-corrected chi connectivity index (χ0v) is 17.8. The fraction of sp³-hybridized carbons (Fsp3) is 0.556. The van der Waals surface area contributed by atoms with Gasteiger partial charge in [-0.15, -0.1) is 0 Å². The first-order valence-electron chi connectivity index (χ1n) is 9.37. The molecule has 11 heteroatoms. The van der Waals surface area contributed by atoms with E-state index in [4.69, 9.17) is 10.5 Å². The van der Waals surface area contributed by atoms with Gasteiger partial charge in [-0.25, -0.2) is 0 Å². The SMILES string of the molecule is C[C@@H]1CN(C(=O)c2cc(Br)cc([N+](=O)[O-])c2N[C@H]2CN[C@H](C(N)=O)C2)C[C@H](C)O1. The van der Waals surface area contributed by atoms with Crippen molar-refractivity contribution < 1.29 is 19.2 Å². The van der Waals surface area contributed by atoms with Gasteiger partial charge in [0.25, 0.3) is 11.6 Å². The van der Waals surface area contributed by atoms with Gasteiger partial charge in [0.2, 0.25) is 5.91 Å². The Hall–Kier alpha value is -2.24. The number of carbonyl (C=O) groups excluding carboxylic acids is 2. The standard InChI is InChI=1S/C18H24BrN5O5/c1-9-7-23(8-10(2)29-9)18(26)13-3-11(19)4-15(24(27)28)16(13)22-12-5-14(17(20)25)21-6-12/h3-4,9-10,12,14,21-22H,5-8H2,1-2H3,(H2,20,25)/t9-,10+,12-,14+/m1/s1. The maximum absolute atomic E-state index is 13.3. The summed E-state index contributed by atoms with van der Waals surface area (Å²) in [6.45, 7) is 4.97. The highest BCUT2D eigenvalue weighted by Crippen LogP contribution is 2.35. The Morgan fingerprint density at radius 2 is 2.00 bits per heavy atom. The average Bonchev–Trinajstić information content (AvgIpc) is 3.10. The summed E-state index contributed by atoms with van der Waals surface area (Å²) in [7, 11) is 0. The number of carbonyl (C=O) groups is 2. The summed E-state index contributed by atoms with van der Waals surface area (Å²) in [6.07, 6.45) is 0.121. The third-order valence-corrected chi connectivity index (χ3v) is 5.50. The molecule has 1 aromatic carbocycles. The van der Waals surface area contributed by atoms with Gasteiger partial charge in [0, 0.05) is 36.2 Å². The molecule has 29 heavy (non-hydrogen) atoms. The average molecular weight is 470 g/mol. The van der Waals surface area contributed by atoms with Gasteiger partial charge in [-0.05, 0) is 26.3 Å². The molecular weight excluding hydrogens is 446 g/mol. The van der Waals surface area contributed by atoms with E-state index in [0.29, 0.717) is 30.5 Å². The molecule has 0 saturated carbocycles. The van der Waals surface area contributed by atoms with Gasteiger partial charge >= 0.3 is 0 Å². The lowest BCUT2D eigenvalue weighted by atomic mass is 10.1. The summed E-state index contributed by atoms with van der Waals surface area (Å²) in [4.78, 5) is 37.5.